The Labute approximate surface area is 185 Å². The Bertz CT molecular complexity index is 486. The smallest absolute Gasteiger partial charge is 0.0578 e. The Morgan fingerprint density at radius 2 is 1.61 bits per heavy atom. The van der Waals surface area contributed by atoms with Crippen molar-refractivity contribution in [3.8, 4) is 0 Å². The van der Waals surface area contributed by atoms with E-state index in [9.17, 15) is 0 Å². The summed E-state index contributed by atoms with van der Waals surface area (Å²) in [6.45, 7) is 12.6. The third kappa shape index (κ3) is 4.13. The van der Waals surface area contributed by atoms with Crippen LogP contribution >= 0.6 is 0 Å². The molecular weight excluding hydrogens is 387 g/mol. The molecule has 0 amide bonds. The van der Waals surface area contributed by atoms with Gasteiger partial charge in [0.1, 0.15) is 0 Å². The summed E-state index contributed by atoms with van der Waals surface area (Å²) in [7, 11) is 0. The van der Waals surface area contributed by atoms with Gasteiger partial charge in [0.2, 0.25) is 0 Å². The van der Waals surface area contributed by atoms with Crippen molar-refractivity contribution in [2.24, 2.45) is 40.4 Å². The fourth-order valence-electron chi connectivity index (χ4n) is 8.44. The van der Waals surface area contributed by atoms with Crippen molar-refractivity contribution < 1.29 is 33.8 Å². The van der Waals surface area contributed by atoms with E-state index in [4.69, 9.17) is 15.3 Å². The summed E-state index contributed by atoms with van der Waals surface area (Å²) in [5.41, 5.74) is 1.26. The van der Waals surface area contributed by atoms with Gasteiger partial charge < -0.3 is 11.7 Å². The molecule has 4 saturated carbocycles. The van der Waals surface area contributed by atoms with Crippen LogP contribution in [0.25, 0.3) is 0 Å². The van der Waals surface area contributed by atoms with Crippen LogP contribution in [0.15, 0.2) is 0 Å². The molecule has 0 aromatic rings. The Morgan fingerprint density at radius 3 is 2.29 bits per heavy atom. The standard InChI is InChI=1S/C24H41O.H2O2.V/c1-5-7-17-9-11-21-20-10-8-18-16-19(25-6-2)12-14-24(18,4)22(20)13-15-23(17,21)3;1-2;/h17-22H,1,5-16H2,2-4H3;1-2H;/q-1;;. The van der Waals surface area contributed by atoms with Crippen LogP contribution in [0.3, 0.4) is 0 Å². The van der Waals surface area contributed by atoms with Crippen LogP contribution in [-0.2, 0) is 23.3 Å². The Hall–Kier alpha value is 0.464. The molecule has 163 valence electrons. The second-order valence-corrected chi connectivity index (χ2v) is 10.5. The van der Waals surface area contributed by atoms with Gasteiger partial charge >= 0.3 is 0 Å². The molecule has 4 rings (SSSR count). The van der Waals surface area contributed by atoms with E-state index in [1.54, 1.807) is 0 Å². The van der Waals surface area contributed by atoms with Crippen molar-refractivity contribution >= 4 is 0 Å². The number of hydrogen-bond acceptors (Lipinski definition) is 3. The van der Waals surface area contributed by atoms with Crippen molar-refractivity contribution in [2.75, 3.05) is 6.61 Å². The maximum absolute atomic E-state index is 6.03. The Kier molecular flexibility index (Phi) is 8.99. The molecule has 4 aliphatic rings. The van der Waals surface area contributed by atoms with E-state index < -0.39 is 0 Å². The summed E-state index contributed by atoms with van der Waals surface area (Å²) in [4.78, 5) is 0. The second-order valence-electron chi connectivity index (χ2n) is 10.5. The molecule has 3 nitrogen and oxygen atoms in total. The van der Waals surface area contributed by atoms with Gasteiger partial charge in [-0.3, -0.25) is 10.5 Å². The Balaban J connectivity index is 0.000000906. The van der Waals surface area contributed by atoms with E-state index in [0.717, 1.165) is 42.6 Å². The molecule has 0 bridgehead atoms. The molecule has 0 aliphatic heterocycles. The molecule has 0 spiro atoms. The van der Waals surface area contributed by atoms with Gasteiger partial charge in [0.05, 0.1) is 6.10 Å². The van der Waals surface area contributed by atoms with Crippen molar-refractivity contribution in [1.82, 2.24) is 0 Å². The van der Waals surface area contributed by atoms with Crippen molar-refractivity contribution in [2.45, 2.75) is 97.5 Å². The number of ether oxygens (including phenoxy) is 1. The summed E-state index contributed by atoms with van der Waals surface area (Å²) >= 11 is 0. The van der Waals surface area contributed by atoms with Crippen LogP contribution in [0, 0.1) is 47.3 Å². The largest absolute Gasteiger partial charge is 0.378 e. The van der Waals surface area contributed by atoms with Gasteiger partial charge in [-0.15, -0.1) is 0 Å². The summed E-state index contributed by atoms with van der Waals surface area (Å²) in [5.74, 6) is 4.95. The van der Waals surface area contributed by atoms with E-state index in [0.29, 0.717) is 16.9 Å². The topological polar surface area (TPSA) is 49.7 Å². The number of fused-ring (bicyclic) bond motifs is 5. The van der Waals surface area contributed by atoms with Crippen molar-refractivity contribution in [3.63, 3.8) is 0 Å². The summed E-state index contributed by atoms with van der Waals surface area (Å²) in [6, 6.07) is 0. The van der Waals surface area contributed by atoms with Crippen molar-refractivity contribution in [3.05, 3.63) is 6.92 Å². The van der Waals surface area contributed by atoms with Gasteiger partial charge in [-0.1, -0.05) is 20.3 Å². The molecule has 0 heterocycles. The summed E-state index contributed by atoms with van der Waals surface area (Å²) in [5, 5.41) is 12.0. The maximum atomic E-state index is 6.03. The maximum Gasteiger partial charge on any atom is 0.0578 e. The first-order valence-corrected chi connectivity index (χ1v) is 11.6. The van der Waals surface area contributed by atoms with E-state index in [1.807, 2.05) is 0 Å². The van der Waals surface area contributed by atoms with Crippen LogP contribution in [0.5, 0.6) is 0 Å². The molecule has 0 aromatic heterocycles. The van der Waals surface area contributed by atoms with Gasteiger partial charge in [-0.25, -0.2) is 0 Å². The zero-order valence-corrected chi connectivity index (χ0v) is 19.8. The zero-order valence-electron chi connectivity index (χ0n) is 18.4. The molecule has 0 aromatic carbocycles. The third-order valence-electron chi connectivity index (χ3n) is 9.77. The molecular formula is C24H43O3V-. The predicted molar refractivity (Wildman–Crippen MR) is 110 cm³/mol. The van der Waals surface area contributed by atoms with E-state index in [-0.39, 0.29) is 18.6 Å². The van der Waals surface area contributed by atoms with Crippen LogP contribution in [-0.4, -0.2) is 23.2 Å². The van der Waals surface area contributed by atoms with Crippen LogP contribution in [0.1, 0.15) is 91.4 Å². The van der Waals surface area contributed by atoms with E-state index >= 15 is 0 Å². The van der Waals surface area contributed by atoms with Gasteiger partial charge in [0.15, 0.2) is 0 Å². The Morgan fingerprint density at radius 1 is 0.929 bits per heavy atom. The first-order chi connectivity index (χ1) is 13.0. The minimum atomic E-state index is 0. The normalized spacial score (nSPS) is 46.9. The second kappa shape index (κ2) is 10.2. The fourth-order valence-corrected chi connectivity index (χ4v) is 8.44. The number of hydrogen-bond donors (Lipinski definition) is 2. The summed E-state index contributed by atoms with van der Waals surface area (Å²) < 4.78 is 6.03. The average Bonchev–Trinajstić information content (AvgIpc) is 3.01. The summed E-state index contributed by atoms with van der Waals surface area (Å²) in [6.07, 6.45) is 16.2. The minimum Gasteiger partial charge on any atom is -0.378 e. The molecule has 28 heavy (non-hydrogen) atoms. The average molecular weight is 431 g/mol. The molecule has 4 fully saturated rings. The molecule has 0 saturated heterocycles. The molecule has 8 unspecified atom stereocenters. The van der Waals surface area contributed by atoms with Gasteiger partial charge in [-0.2, -0.15) is 6.42 Å². The monoisotopic (exact) mass is 430 g/mol. The van der Waals surface area contributed by atoms with Crippen LogP contribution < -0.4 is 0 Å². The molecule has 8 atom stereocenters. The molecule has 4 heteroatoms. The quantitative estimate of drug-likeness (QED) is 0.297. The molecule has 4 aliphatic carbocycles. The molecule has 2 N–H and O–H groups in total. The van der Waals surface area contributed by atoms with Crippen molar-refractivity contribution in [1.29, 1.82) is 0 Å². The first-order valence-electron chi connectivity index (χ1n) is 11.6. The third-order valence-corrected chi connectivity index (χ3v) is 9.77. The van der Waals surface area contributed by atoms with Gasteiger partial charge in [-0.05, 0) is 105 Å². The van der Waals surface area contributed by atoms with Gasteiger partial charge in [0.25, 0.3) is 0 Å². The number of rotatable bonds is 4. The van der Waals surface area contributed by atoms with Crippen LogP contribution in [0.2, 0.25) is 0 Å². The fraction of sp³-hybridized carbons (Fsp3) is 0.958. The van der Waals surface area contributed by atoms with E-state index in [1.165, 1.54) is 64.2 Å². The molecule has 1 radical (unpaired) electrons. The predicted octanol–water partition coefficient (Wildman–Crippen LogP) is 6.68. The SMILES string of the molecule is OO.[CH2-]CCC1CCC2C3CCC4CC(OCC)CCC4(C)C3CCC12C.[V]. The van der Waals surface area contributed by atoms with E-state index in [2.05, 4.69) is 27.7 Å². The zero-order chi connectivity index (χ0) is 19.7. The minimum absolute atomic E-state index is 0. The van der Waals surface area contributed by atoms with Crippen LogP contribution in [0.4, 0.5) is 0 Å². The first kappa shape index (κ1) is 24.7. The van der Waals surface area contributed by atoms with Gasteiger partial charge in [0, 0.05) is 25.2 Å².